The Morgan fingerprint density at radius 1 is 0.895 bits per heavy atom. The van der Waals surface area contributed by atoms with Crippen LogP contribution in [-0.2, 0) is 17.8 Å². The molecule has 0 aliphatic heterocycles. The lowest BCUT2D eigenvalue weighted by Crippen LogP contribution is -2.17. The minimum Gasteiger partial charge on any atom is -0.366 e. The number of nitrogens with zero attached hydrogens (tertiary/aromatic N) is 3. The van der Waals surface area contributed by atoms with Crippen LogP contribution in [0.4, 0.5) is 8.78 Å². The Labute approximate surface area is 217 Å². The summed E-state index contributed by atoms with van der Waals surface area (Å²) >= 11 is 0. The highest BCUT2D eigenvalue weighted by Gasteiger charge is 2.23. The molecule has 8 heteroatoms. The topological polar surface area (TPSA) is 90.9 Å². The molecule has 0 unspecified atom stereocenters. The second-order valence-electron chi connectivity index (χ2n) is 9.16. The average Bonchev–Trinajstić information content (AvgIpc) is 3.30. The highest BCUT2D eigenvalue weighted by atomic mass is 19.1. The van der Waals surface area contributed by atoms with Gasteiger partial charge in [0.1, 0.15) is 11.6 Å². The molecule has 0 radical (unpaired) electrons. The molecular weight excluding hydrogens is 486 g/mol. The predicted octanol–water partition coefficient (Wildman–Crippen LogP) is 5.46. The number of Topliss-reactive ketones (excluding diaryl/α,β-unsaturated/α-hetero) is 1. The number of carbonyl (C=O) groups excluding carboxylic acids is 2. The number of amides is 1. The number of carbonyl (C=O) groups is 2. The van der Waals surface area contributed by atoms with E-state index >= 15 is 0 Å². The van der Waals surface area contributed by atoms with Crippen molar-refractivity contribution in [1.82, 2.24) is 14.5 Å². The number of para-hydroxylation sites is 2. The highest BCUT2D eigenvalue weighted by Crippen LogP contribution is 2.33. The Kier molecular flexibility index (Phi) is 7.04. The number of fused-ring (bicyclic) bond motifs is 1. The quantitative estimate of drug-likeness (QED) is 0.285. The van der Waals surface area contributed by atoms with Crippen molar-refractivity contribution >= 4 is 22.7 Å². The summed E-state index contributed by atoms with van der Waals surface area (Å²) < 4.78 is 29.8. The molecule has 2 aromatic heterocycles. The second-order valence-corrected chi connectivity index (χ2v) is 9.16. The zero-order valence-electron chi connectivity index (χ0n) is 20.4. The molecule has 0 saturated carbocycles. The number of benzene rings is 3. The minimum atomic E-state index is -0.689. The summed E-state index contributed by atoms with van der Waals surface area (Å²) in [5.41, 5.74) is 9.85. The fraction of sp³-hybridized carbons (Fsp3) is 0.133. The fourth-order valence-electron chi connectivity index (χ4n) is 4.77. The van der Waals surface area contributed by atoms with Gasteiger partial charge in [-0.1, -0.05) is 30.3 Å². The van der Waals surface area contributed by atoms with Gasteiger partial charge in [-0.25, -0.2) is 13.8 Å². The largest absolute Gasteiger partial charge is 0.366 e. The SMILES string of the molecule is NC(=O)c1cccc(-c2cccnc2[C@@H](CC(=O)Cn2cnc3ccccc32)Cc2cc(F)cc(F)c2)c1. The maximum atomic E-state index is 14.0. The Morgan fingerprint density at radius 2 is 1.68 bits per heavy atom. The summed E-state index contributed by atoms with van der Waals surface area (Å²) in [5.74, 6) is -2.52. The van der Waals surface area contributed by atoms with Crippen LogP contribution in [0.15, 0.2) is 91.4 Å². The van der Waals surface area contributed by atoms with Gasteiger partial charge in [-0.15, -0.1) is 0 Å². The van der Waals surface area contributed by atoms with E-state index < -0.39 is 23.5 Å². The van der Waals surface area contributed by atoms with E-state index in [0.717, 1.165) is 17.1 Å². The molecule has 0 bridgehead atoms. The predicted molar refractivity (Wildman–Crippen MR) is 140 cm³/mol. The second kappa shape index (κ2) is 10.7. The van der Waals surface area contributed by atoms with E-state index in [1.54, 1.807) is 41.4 Å². The zero-order chi connectivity index (χ0) is 26.6. The molecule has 0 saturated heterocycles. The molecule has 0 aliphatic rings. The maximum Gasteiger partial charge on any atom is 0.248 e. The monoisotopic (exact) mass is 510 g/mol. The first-order valence-electron chi connectivity index (χ1n) is 12.1. The number of halogens is 2. The molecule has 38 heavy (non-hydrogen) atoms. The fourth-order valence-corrected chi connectivity index (χ4v) is 4.77. The van der Waals surface area contributed by atoms with Crippen molar-refractivity contribution in [2.75, 3.05) is 0 Å². The molecule has 0 spiro atoms. The van der Waals surface area contributed by atoms with E-state index in [9.17, 15) is 18.4 Å². The molecule has 6 nitrogen and oxygen atoms in total. The van der Waals surface area contributed by atoms with Crippen molar-refractivity contribution in [3.8, 4) is 11.1 Å². The number of aromatic nitrogens is 3. The lowest BCUT2D eigenvalue weighted by atomic mass is 9.86. The number of hydrogen-bond donors (Lipinski definition) is 1. The number of hydrogen-bond acceptors (Lipinski definition) is 4. The number of primary amides is 1. The molecule has 1 amide bonds. The molecule has 0 fully saturated rings. The van der Waals surface area contributed by atoms with Gasteiger partial charge in [0.25, 0.3) is 0 Å². The van der Waals surface area contributed by atoms with E-state index in [4.69, 9.17) is 5.73 Å². The first-order valence-corrected chi connectivity index (χ1v) is 12.1. The van der Waals surface area contributed by atoms with Crippen LogP contribution in [0.25, 0.3) is 22.2 Å². The Balaban J connectivity index is 1.51. The van der Waals surface area contributed by atoms with Crippen LogP contribution in [0.1, 0.15) is 34.0 Å². The summed E-state index contributed by atoms with van der Waals surface area (Å²) in [7, 11) is 0. The molecule has 2 heterocycles. The van der Waals surface area contributed by atoms with Crippen molar-refractivity contribution in [3.63, 3.8) is 0 Å². The minimum absolute atomic E-state index is 0.0736. The van der Waals surface area contributed by atoms with E-state index in [1.165, 1.54) is 12.1 Å². The smallest absolute Gasteiger partial charge is 0.248 e. The van der Waals surface area contributed by atoms with Gasteiger partial charge in [0.2, 0.25) is 5.91 Å². The van der Waals surface area contributed by atoms with Crippen molar-refractivity contribution in [2.24, 2.45) is 5.73 Å². The van der Waals surface area contributed by atoms with Gasteiger partial charge < -0.3 is 10.3 Å². The average molecular weight is 511 g/mol. The van der Waals surface area contributed by atoms with Crippen LogP contribution in [-0.4, -0.2) is 26.2 Å². The van der Waals surface area contributed by atoms with E-state index in [2.05, 4.69) is 9.97 Å². The summed E-state index contributed by atoms with van der Waals surface area (Å²) in [5, 5.41) is 0. The van der Waals surface area contributed by atoms with Gasteiger partial charge in [-0.05, 0) is 60.0 Å². The lowest BCUT2D eigenvalue weighted by molar-refractivity contribution is -0.120. The van der Waals surface area contributed by atoms with Crippen molar-refractivity contribution in [2.45, 2.75) is 25.3 Å². The third kappa shape index (κ3) is 5.49. The standard InChI is InChI=1S/C30H24F2N4O2/c31-23-12-19(13-24(32)16-23)11-22(15-25(37)17-36-18-35-27-8-1-2-9-28(27)36)29-26(7-4-10-34-29)20-5-3-6-21(14-20)30(33)38/h1-10,12-14,16,18,22H,11,15,17H2,(H2,33,38)/t22-/m1/s1. The maximum absolute atomic E-state index is 14.0. The summed E-state index contributed by atoms with van der Waals surface area (Å²) in [6, 6.07) is 21.3. The van der Waals surface area contributed by atoms with Gasteiger partial charge >= 0.3 is 0 Å². The normalized spacial score (nSPS) is 11.9. The van der Waals surface area contributed by atoms with E-state index in [-0.39, 0.29) is 25.2 Å². The lowest BCUT2D eigenvalue weighted by Gasteiger charge is -2.20. The molecular formula is C30H24F2N4O2. The van der Waals surface area contributed by atoms with Crippen LogP contribution in [0, 0.1) is 11.6 Å². The van der Waals surface area contributed by atoms with Crippen molar-refractivity contribution in [1.29, 1.82) is 0 Å². The number of ketones is 1. The number of nitrogens with two attached hydrogens (primary N) is 1. The summed E-state index contributed by atoms with van der Waals surface area (Å²) in [6.45, 7) is 0.0911. The Morgan fingerprint density at radius 3 is 2.47 bits per heavy atom. The molecule has 0 aliphatic carbocycles. The highest BCUT2D eigenvalue weighted by molar-refractivity contribution is 5.94. The van der Waals surface area contributed by atoms with Crippen molar-refractivity contribution in [3.05, 3.63) is 120 Å². The third-order valence-electron chi connectivity index (χ3n) is 6.44. The Hall–Kier alpha value is -4.72. The summed E-state index contributed by atoms with van der Waals surface area (Å²) in [6.07, 6.45) is 3.50. The van der Waals surface area contributed by atoms with Gasteiger partial charge in [-0.3, -0.25) is 14.6 Å². The zero-order valence-corrected chi connectivity index (χ0v) is 20.4. The van der Waals surface area contributed by atoms with Crippen LogP contribution in [0.5, 0.6) is 0 Å². The van der Waals surface area contributed by atoms with Crippen LogP contribution in [0.3, 0.4) is 0 Å². The molecule has 1 atom stereocenters. The number of pyridine rings is 1. The van der Waals surface area contributed by atoms with Crippen LogP contribution in [0.2, 0.25) is 0 Å². The number of rotatable bonds is 9. The molecule has 5 rings (SSSR count). The van der Waals surface area contributed by atoms with Crippen molar-refractivity contribution < 1.29 is 18.4 Å². The first kappa shape index (κ1) is 25.0. The molecule has 3 aromatic carbocycles. The van der Waals surface area contributed by atoms with Crippen LogP contribution >= 0.6 is 0 Å². The van der Waals surface area contributed by atoms with E-state index in [1.807, 2.05) is 36.4 Å². The molecule has 2 N–H and O–H groups in total. The molecule has 190 valence electrons. The third-order valence-corrected chi connectivity index (χ3v) is 6.44. The number of imidazole rings is 1. The van der Waals surface area contributed by atoms with Gasteiger partial charge in [0.05, 0.1) is 29.6 Å². The van der Waals surface area contributed by atoms with E-state index in [0.29, 0.717) is 27.9 Å². The van der Waals surface area contributed by atoms with Gasteiger partial charge in [0, 0.05) is 35.7 Å². The summed E-state index contributed by atoms with van der Waals surface area (Å²) in [4.78, 5) is 34.1. The molecule has 5 aromatic rings. The van der Waals surface area contributed by atoms with Crippen LogP contribution < -0.4 is 5.73 Å². The van der Waals surface area contributed by atoms with Gasteiger partial charge in [0.15, 0.2) is 5.78 Å². The van der Waals surface area contributed by atoms with Gasteiger partial charge in [-0.2, -0.15) is 0 Å². The first-order chi connectivity index (χ1) is 18.4. The Bertz CT molecular complexity index is 1630.